The van der Waals surface area contributed by atoms with E-state index in [1.54, 1.807) is 11.0 Å². The van der Waals surface area contributed by atoms with Gasteiger partial charge >= 0.3 is 0 Å². The number of benzene rings is 3. The fourth-order valence-corrected chi connectivity index (χ4v) is 5.85. The maximum absolute atomic E-state index is 13.8. The first-order valence-corrected chi connectivity index (χ1v) is 12.7. The van der Waals surface area contributed by atoms with Gasteiger partial charge in [-0.25, -0.2) is 9.67 Å². The molecule has 0 unspecified atom stereocenters. The van der Waals surface area contributed by atoms with Crippen LogP contribution in [0.4, 0.5) is 5.95 Å². The van der Waals surface area contributed by atoms with E-state index in [9.17, 15) is 9.59 Å². The molecule has 2 aliphatic rings. The number of fused-ring (bicyclic) bond motifs is 2. The van der Waals surface area contributed by atoms with Crippen LogP contribution in [0.25, 0.3) is 10.8 Å². The number of anilines is 1. The maximum Gasteiger partial charge on any atom is 0.254 e. The van der Waals surface area contributed by atoms with Crippen molar-refractivity contribution in [1.29, 1.82) is 0 Å². The highest BCUT2D eigenvalue weighted by molar-refractivity contribution is 6.03. The van der Waals surface area contributed by atoms with Gasteiger partial charge in [0.1, 0.15) is 12.4 Å². The lowest BCUT2D eigenvalue weighted by atomic mass is 9.84. The van der Waals surface area contributed by atoms with Crippen LogP contribution >= 0.6 is 0 Å². The Labute approximate surface area is 210 Å². The van der Waals surface area contributed by atoms with Crippen LogP contribution in [-0.4, -0.2) is 43.6 Å². The first-order chi connectivity index (χ1) is 17.7. The van der Waals surface area contributed by atoms with E-state index >= 15 is 0 Å². The van der Waals surface area contributed by atoms with Crippen molar-refractivity contribution >= 4 is 28.5 Å². The van der Waals surface area contributed by atoms with E-state index < -0.39 is 6.04 Å². The second kappa shape index (κ2) is 9.57. The Kier molecular flexibility index (Phi) is 5.97. The Morgan fingerprint density at radius 3 is 2.56 bits per heavy atom. The number of likely N-dealkylation sites (tertiary alicyclic amines) is 1. The average Bonchev–Trinajstić information content (AvgIpc) is 3.52. The Balaban J connectivity index is 1.23. The lowest BCUT2D eigenvalue weighted by Gasteiger charge is -2.33. The molecule has 2 amide bonds. The molecule has 2 heterocycles. The standard InChI is InChI=1S/C29H29N5O2/c35-27(31-29-30-19-33(32-29)18-20-8-2-1-3-9-20)26-17-23-12-6-7-13-25(23)34(26)28(36)24-15-14-21-10-4-5-11-22(21)16-24/h1-5,8-11,14-16,19,23,25-26H,6-7,12-13,17-18H2,(H,31,32,35)/t23-,25-,26-/m0/s1. The van der Waals surface area contributed by atoms with E-state index in [1.807, 2.05) is 77.7 Å². The van der Waals surface area contributed by atoms with Crippen LogP contribution in [0.2, 0.25) is 0 Å². The van der Waals surface area contributed by atoms with Crippen molar-refractivity contribution in [2.45, 2.75) is 50.7 Å². The zero-order valence-electron chi connectivity index (χ0n) is 20.1. The molecule has 2 fully saturated rings. The van der Waals surface area contributed by atoms with Crippen LogP contribution < -0.4 is 5.32 Å². The van der Waals surface area contributed by atoms with Crippen LogP contribution in [0.5, 0.6) is 0 Å². The van der Waals surface area contributed by atoms with Crippen molar-refractivity contribution in [3.8, 4) is 0 Å². The Bertz CT molecular complexity index is 1400. The summed E-state index contributed by atoms with van der Waals surface area (Å²) in [7, 11) is 0. The Morgan fingerprint density at radius 1 is 0.917 bits per heavy atom. The number of hydrogen-bond donors (Lipinski definition) is 1. The molecule has 0 bridgehead atoms. The molecule has 1 N–H and O–H groups in total. The fourth-order valence-electron chi connectivity index (χ4n) is 5.85. The van der Waals surface area contributed by atoms with Gasteiger partial charge in [0.15, 0.2) is 0 Å². The molecule has 6 rings (SSSR count). The van der Waals surface area contributed by atoms with Crippen LogP contribution in [0.3, 0.4) is 0 Å². The molecular formula is C29H29N5O2. The van der Waals surface area contributed by atoms with Crippen molar-refractivity contribution < 1.29 is 9.59 Å². The van der Waals surface area contributed by atoms with Gasteiger partial charge in [0.05, 0.1) is 6.54 Å². The molecule has 1 aromatic heterocycles. The van der Waals surface area contributed by atoms with E-state index in [1.165, 1.54) is 0 Å². The predicted molar refractivity (Wildman–Crippen MR) is 138 cm³/mol. The molecule has 1 saturated heterocycles. The summed E-state index contributed by atoms with van der Waals surface area (Å²) in [6.45, 7) is 0.573. The second-order valence-corrected chi connectivity index (χ2v) is 9.88. The second-order valence-electron chi connectivity index (χ2n) is 9.88. The highest BCUT2D eigenvalue weighted by Crippen LogP contribution is 2.41. The zero-order valence-corrected chi connectivity index (χ0v) is 20.1. The smallest absolute Gasteiger partial charge is 0.254 e. The minimum Gasteiger partial charge on any atom is -0.323 e. The molecule has 4 aromatic rings. The molecule has 1 aliphatic carbocycles. The molecule has 0 radical (unpaired) electrons. The third kappa shape index (κ3) is 4.37. The van der Waals surface area contributed by atoms with Gasteiger partial charge in [0, 0.05) is 11.6 Å². The predicted octanol–water partition coefficient (Wildman–Crippen LogP) is 4.89. The summed E-state index contributed by atoms with van der Waals surface area (Å²) in [5.41, 5.74) is 1.73. The molecule has 36 heavy (non-hydrogen) atoms. The molecule has 1 aliphatic heterocycles. The number of aromatic nitrogens is 3. The van der Waals surface area contributed by atoms with Crippen molar-refractivity contribution in [3.63, 3.8) is 0 Å². The molecule has 0 spiro atoms. The fraction of sp³-hybridized carbons (Fsp3) is 0.310. The summed E-state index contributed by atoms with van der Waals surface area (Å²) >= 11 is 0. The number of rotatable bonds is 5. The number of nitrogens with one attached hydrogen (secondary N) is 1. The van der Waals surface area contributed by atoms with E-state index in [0.29, 0.717) is 24.4 Å². The van der Waals surface area contributed by atoms with Gasteiger partial charge in [-0.3, -0.25) is 14.9 Å². The first-order valence-electron chi connectivity index (χ1n) is 12.7. The van der Waals surface area contributed by atoms with Gasteiger partial charge in [0.2, 0.25) is 11.9 Å². The summed E-state index contributed by atoms with van der Waals surface area (Å²) in [4.78, 5) is 33.5. The van der Waals surface area contributed by atoms with E-state index in [0.717, 1.165) is 42.0 Å². The Morgan fingerprint density at radius 2 is 1.69 bits per heavy atom. The van der Waals surface area contributed by atoms with Gasteiger partial charge in [-0.2, -0.15) is 0 Å². The third-order valence-electron chi connectivity index (χ3n) is 7.58. The third-order valence-corrected chi connectivity index (χ3v) is 7.58. The summed E-state index contributed by atoms with van der Waals surface area (Å²) in [5, 5.41) is 9.45. The normalized spacial score (nSPS) is 21.3. The largest absolute Gasteiger partial charge is 0.323 e. The maximum atomic E-state index is 13.8. The lowest BCUT2D eigenvalue weighted by Crippen LogP contribution is -2.48. The van der Waals surface area contributed by atoms with Crippen molar-refractivity contribution in [2.75, 3.05) is 5.32 Å². The monoisotopic (exact) mass is 479 g/mol. The number of carbonyl (C=O) groups excluding carboxylic acids is 2. The minimum absolute atomic E-state index is 0.0714. The van der Waals surface area contributed by atoms with Crippen LogP contribution in [0, 0.1) is 5.92 Å². The minimum atomic E-state index is -0.529. The number of carbonyl (C=O) groups is 2. The Hall–Kier alpha value is -4.00. The molecule has 182 valence electrons. The highest BCUT2D eigenvalue weighted by Gasteiger charge is 2.47. The summed E-state index contributed by atoms with van der Waals surface area (Å²) in [6, 6.07) is 23.4. The van der Waals surface area contributed by atoms with Gasteiger partial charge < -0.3 is 4.90 Å². The number of nitrogens with zero attached hydrogens (tertiary/aromatic N) is 4. The lowest BCUT2D eigenvalue weighted by molar-refractivity contribution is -0.120. The number of amides is 2. The summed E-state index contributed by atoms with van der Waals surface area (Å²) in [6.07, 6.45) is 6.54. The molecule has 1 saturated carbocycles. The SMILES string of the molecule is O=C(Nc1ncn(Cc2ccccc2)n1)[C@@H]1C[C@@H]2CCCC[C@@H]2N1C(=O)c1ccc2ccccc2c1. The molecule has 3 atom stereocenters. The quantitative estimate of drug-likeness (QED) is 0.442. The summed E-state index contributed by atoms with van der Waals surface area (Å²) < 4.78 is 1.71. The molecular weight excluding hydrogens is 450 g/mol. The van der Waals surface area contributed by atoms with Gasteiger partial charge in [-0.15, -0.1) is 5.10 Å². The van der Waals surface area contributed by atoms with Crippen molar-refractivity contribution in [1.82, 2.24) is 19.7 Å². The number of hydrogen-bond acceptors (Lipinski definition) is 4. The van der Waals surface area contributed by atoms with Crippen LogP contribution in [0.1, 0.15) is 48.0 Å². The van der Waals surface area contributed by atoms with Gasteiger partial charge in [-0.05, 0) is 53.6 Å². The highest BCUT2D eigenvalue weighted by atomic mass is 16.2. The van der Waals surface area contributed by atoms with Gasteiger partial charge in [-0.1, -0.05) is 73.5 Å². The average molecular weight is 480 g/mol. The van der Waals surface area contributed by atoms with Crippen LogP contribution in [-0.2, 0) is 11.3 Å². The van der Waals surface area contributed by atoms with Crippen molar-refractivity contribution in [2.24, 2.45) is 5.92 Å². The van der Waals surface area contributed by atoms with Crippen molar-refractivity contribution in [3.05, 3.63) is 90.3 Å². The topological polar surface area (TPSA) is 80.1 Å². The van der Waals surface area contributed by atoms with Gasteiger partial charge in [0.25, 0.3) is 5.91 Å². The first kappa shape index (κ1) is 22.5. The molecule has 7 nitrogen and oxygen atoms in total. The van der Waals surface area contributed by atoms with E-state index in [4.69, 9.17) is 0 Å². The summed E-state index contributed by atoms with van der Waals surface area (Å²) in [5.74, 6) is 0.334. The van der Waals surface area contributed by atoms with Crippen LogP contribution in [0.15, 0.2) is 79.1 Å². The molecule has 3 aromatic carbocycles. The van der Waals surface area contributed by atoms with E-state index in [2.05, 4.69) is 15.4 Å². The zero-order chi connectivity index (χ0) is 24.5. The van der Waals surface area contributed by atoms with E-state index in [-0.39, 0.29) is 23.8 Å². The molecule has 7 heteroatoms.